The summed E-state index contributed by atoms with van der Waals surface area (Å²) >= 11 is 0. The van der Waals surface area contributed by atoms with E-state index in [2.05, 4.69) is 34.0 Å². The molecule has 0 atom stereocenters. The van der Waals surface area contributed by atoms with E-state index in [1.54, 1.807) is 12.5 Å². The first-order valence-electron chi connectivity index (χ1n) is 4.16. The molecule has 0 bridgehead atoms. The van der Waals surface area contributed by atoms with Crippen molar-refractivity contribution in [3.05, 3.63) is 42.9 Å². The topological polar surface area (TPSA) is 40.7 Å². The van der Waals surface area contributed by atoms with Crippen LogP contribution in [0.4, 0.5) is 0 Å². The standard InChI is InChI=1S/C10H11N3/c1-2-11-6-8-3-4-9-10(5-8)13-7-12-9/h2-5,7,11H,1,6H2,(H,12,13). The molecular formula is C10H11N3. The number of fused-ring (bicyclic) bond motifs is 1. The molecule has 2 rings (SSSR count). The second kappa shape index (κ2) is 3.31. The molecule has 1 heterocycles. The van der Waals surface area contributed by atoms with Crippen molar-refractivity contribution in [3.63, 3.8) is 0 Å². The van der Waals surface area contributed by atoms with Crippen molar-refractivity contribution in [1.29, 1.82) is 0 Å². The quantitative estimate of drug-likeness (QED) is 0.743. The van der Waals surface area contributed by atoms with Crippen LogP contribution in [-0.4, -0.2) is 9.97 Å². The van der Waals surface area contributed by atoms with Crippen LogP contribution in [0.5, 0.6) is 0 Å². The van der Waals surface area contributed by atoms with Gasteiger partial charge in [0, 0.05) is 6.54 Å². The molecule has 0 radical (unpaired) electrons. The summed E-state index contributed by atoms with van der Waals surface area (Å²) < 4.78 is 0. The lowest BCUT2D eigenvalue weighted by molar-refractivity contribution is 0.874. The first-order chi connectivity index (χ1) is 6.40. The van der Waals surface area contributed by atoms with E-state index >= 15 is 0 Å². The first kappa shape index (κ1) is 7.86. The van der Waals surface area contributed by atoms with E-state index < -0.39 is 0 Å². The molecule has 3 nitrogen and oxygen atoms in total. The molecule has 0 fully saturated rings. The van der Waals surface area contributed by atoms with Crippen LogP contribution in [0.1, 0.15) is 5.56 Å². The van der Waals surface area contributed by atoms with E-state index in [4.69, 9.17) is 0 Å². The van der Waals surface area contributed by atoms with Crippen LogP contribution >= 0.6 is 0 Å². The third-order valence-electron chi connectivity index (χ3n) is 1.94. The SMILES string of the molecule is C=CNCc1ccc2nc[nH]c2c1. The van der Waals surface area contributed by atoms with Gasteiger partial charge in [0.05, 0.1) is 17.4 Å². The van der Waals surface area contributed by atoms with Gasteiger partial charge in [0.2, 0.25) is 0 Å². The van der Waals surface area contributed by atoms with Crippen molar-refractivity contribution in [2.75, 3.05) is 0 Å². The fraction of sp³-hybridized carbons (Fsp3) is 0.100. The number of hydrogen-bond donors (Lipinski definition) is 2. The average molecular weight is 173 g/mol. The smallest absolute Gasteiger partial charge is 0.0931 e. The molecule has 0 unspecified atom stereocenters. The fourth-order valence-electron chi connectivity index (χ4n) is 1.28. The van der Waals surface area contributed by atoms with Gasteiger partial charge in [-0.2, -0.15) is 0 Å². The minimum absolute atomic E-state index is 0.804. The highest BCUT2D eigenvalue weighted by Crippen LogP contribution is 2.10. The number of nitrogens with zero attached hydrogens (tertiary/aromatic N) is 1. The Kier molecular flexibility index (Phi) is 2.00. The average Bonchev–Trinajstić information content (AvgIpc) is 2.61. The van der Waals surface area contributed by atoms with Gasteiger partial charge in [-0.1, -0.05) is 12.6 Å². The number of nitrogens with one attached hydrogen (secondary N) is 2. The molecule has 2 N–H and O–H groups in total. The number of hydrogen-bond acceptors (Lipinski definition) is 2. The van der Waals surface area contributed by atoms with Gasteiger partial charge < -0.3 is 10.3 Å². The number of aromatic amines is 1. The van der Waals surface area contributed by atoms with Crippen molar-refractivity contribution in [3.8, 4) is 0 Å². The maximum absolute atomic E-state index is 4.14. The van der Waals surface area contributed by atoms with Gasteiger partial charge in [0.25, 0.3) is 0 Å². The van der Waals surface area contributed by atoms with Gasteiger partial charge in [-0.05, 0) is 23.9 Å². The molecule has 0 spiro atoms. The Morgan fingerprint density at radius 3 is 3.31 bits per heavy atom. The van der Waals surface area contributed by atoms with Crippen molar-refractivity contribution in [1.82, 2.24) is 15.3 Å². The summed E-state index contributed by atoms with van der Waals surface area (Å²) in [5.74, 6) is 0. The van der Waals surface area contributed by atoms with E-state index in [0.29, 0.717) is 0 Å². The van der Waals surface area contributed by atoms with Crippen molar-refractivity contribution < 1.29 is 0 Å². The molecule has 3 heteroatoms. The van der Waals surface area contributed by atoms with Crippen LogP contribution in [0, 0.1) is 0 Å². The normalized spacial score (nSPS) is 10.2. The summed E-state index contributed by atoms with van der Waals surface area (Å²) in [6.07, 6.45) is 3.40. The number of benzene rings is 1. The minimum atomic E-state index is 0.804. The van der Waals surface area contributed by atoms with Crippen molar-refractivity contribution >= 4 is 11.0 Å². The molecule has 1 aromatic heterocycles. The molecule has 66 valence electrons. The van der Waals surface area contributed by atoms with Crippen LogP contribution in [0.25, 0.3) is 11.0 Å². The van der Waals surface area contributed by atoms with Gasteiger partial charge in [0.15, 0.2) is 0 Å². The lowest BCUT2D eigenvalue weighted by Crippen LogP contribution is -2.02. The number of aromatic nitrogens is 2. The lowest BCUT2D eigenvalue weighted by atomic mass is 10.2. The molecule has 2 aromatic rings. The summed E-state index contributed by atoms with van der Waals surface area (Å²) in [6, 6.07) is 6.14. The largest absolute Gasteiger partial charge is 0.387 e. The third-order valence-corrected chi connectivity index (χ3v) is 1.94. The Morgan fingerprint density at radius 2 is 2.46 bits per heavy atom. The Bertz CT molecular complexity index is 417. The molecular weight excluding hydrogens is 162 g/mol. The number of H-pyrrole nitrogens is 1. The predicted molar refractivity (Wildman–Crippen MR) is 53.1 cm³/mol. The Balaban J connectivity index is 2.31. The summed E-state index contributed by atoms with van der Waals surface area (Å²) in [6.45, 7) is 4.40. The highest BCUT2D eigenvalue weighted by Gasteiger charge is 1.96. The van der Waals surface area contributed by atoms with E-state index in [0.717, 1.165) is 17.6 Å². The highest BCUT2D eigenvalue weighted by molar-refractivity contribution is 5.74. The second-order valence-corrected chi connectivity index (χ2v) is 2.84. The Labute approximate surface area is 76.5 Å². The monoisotopic (exact) mass is 173 g/mol. The zero-order chi connectivity index (χ0) is 9.10. The molecule has 0 aliphatic rings. The lowest BCUT2D eigenvalue weighted by Gasteiger charge is -2.00. The molecule has 0 saturated carbocycles. The van der Waals surface area contributed by atoms with Crippen molar-refractivity contribution in [2.24, 2.45) is 0 Å². The van der Waals surface area contributed by atoms with Crippen molar-refractivity contribution in [2.45, 2.75) is 6.54 Å². The molecule has 0 amide bonds. The Morgan fingerprint density at radius 1 is 1.54 bits per heavy atom. The van der Waals surface area contributed by atoms with Crippen LogP contribution in [0.3, 0.4) is 0 Å². The molecule has 0 aliphatic carbocycles. The number of rotatable bonds is 3. The molecule has 0 aliphatic heterocycles. The maximum atomic E-state index is 4.14. The van der Waals surface area contributed by atoms with Gasteiger partial charge in [-0.15, -0.1) is 0 Å². The minimum Gasteiger partial charge on any atom is -0.387 e. The maximum Gasteiger partial charge on any atom is 0.0931 e. The number of imidazole rings is 1. The van der Waals surface area contributed by atoms with E-state index in [-0.39, 0.29) is 0 Å². The Hall–Kier alpha value is -1.77. The van der Waals surface area contributed by atoms with Gasteiger partial charge in [0.1, 0.15) is 0 Å². The third kappa shape index (κ3) is 1.54. The first-order valence-corrected chi connectivity index (χ1v) is 4.16. The van der Waals surface area contributed by atoms with E-state index in [9.17, 15) is 0 Å². The summed E-state index contributed by atoms with van der Waals surface area (Å²) in [7, 11) is 0. The summed E-state index contributed by atoms with van der Waals surface area (Å²) in [5, 5.41) is 3.05. The van der Waals surface area contributed by atoms with Crippen LogP contribution in [-0.2, 0) is 6.54 Å². The van der Waals surface area contributed by atoms with E-state index in [1.807, 2.05) is 6.07 Å². The predicted octanol–water partition coefficient (Wildman–Crippen LogP) is 1.80. The van der Waals surface area contributed by atoms with Gasteiger partial charge in [-0.25, -0.2) is 4.98 Å². The van der Waals surface area contributed by atoms with E-state index in [1.165, 1.54) is 5.56 Å². The summed E-state index contributed by atoms with van der Waals surface area (Å²) in [5.41, 5.74) is 3.29. The zero-order valence-corrected chi connectivity index (χ0v) is 7.25. The van der Waals surface area contributed by atoms with Crippen LogP contribution in [0.15, 0.2) is 37.3 Å². The highest BCUT2D eigenvalue weighted by atomic mass is 14.9. The van der Waals surface area contributed by atoms with Gasteiger partial charge >= 0.3 is 0 Å². The molecule has 1 aromatic carbocycles. The van der Waals surface area contributed by atoms with Gasteiger partial charge in [-0.3, -0.25) is 0 Å². The van der Waals surface area contributed by atoms with Crippen LogP contribution < -0.4 is 5.32 Å². The zero-order valence-electron chi connectivity index (χ0n) is 7.25. The summed E-state index contributed by atoms with van der Waals surface area (Å²) in [4.78, 5) is 7.22. The second-order valence-electron chi connectivity index (χ2n) is 2.84. The molecule has 0 saturated heterocycles. The fourth-order valence-corrected chi connectivity index (χ4v) is 1.28. The van der Waals surface area contributed by atoms with Crippen LogP contribution in [0.2, 0.25) is 0 Å². The molecule has 13 heavy (non-hydrogen) atoms.